The summed E-state index contributed by atoms with van der Waals surface area (Å²) in [6.07, 6.45) is 6.64. The molecule has 30 heavy (non-hydrogen) atoms. The number of anilines is 3. The Morgan fingerprint density at radius 3 is 2.47 bits per heavy atom. The first-order chi connectivity index (χ1) is 14.6. The predicted molar refractivity (Wildman–Crippen MR) is 125 cm³/mol. The van der Waals surface area contributed by atoms with E-state index in [0.29, 0.717) is 29.4 Å². The van der Waals surface area contributed by atoms with Crippen molar-refractivity contribution in [3.05, 3.63) is 30.2 Å². The quantitative estimate of drug-likeness (QED) is 0.692. The maximum absolute atomic E-state index is 5.47. The zero-order chi connectivity index (χ0) is 20.9. The second-order valence-electron chi connectivity index (χ2n) is 8.69. The van der Waals surface area contributed by atoms with Gasteiger partial charge in [0.25, 0.3) is 0 Å². The summed E-state index contributed by atoms with van der Waals surface area (Å²) < 4.78 is 5.36. The largest absolute Gasteiger partial charge is 0.467 e. The van der Waals surface area contributed by atoms with E-state index >= 15 is 0 Å². The maximum atomic E-state index is 5.47. The number of hydrogen-bond donors (Lipinski definition) is 2. The number of furan rings is 1. The molecule has 0 spiro atoms. The van der Waals surface area contributed by atoms with Crippen molar-refractivity contribution in [2.45, 2.75) is 46.1 Å². The molecular weight excluding hydrogens is 396 g/mol. The average molecular weight is 429 g/mol. The molecule has 0 bridgehead atoms. The molecule has 0 amide bonds. The highest BCUT2D eigenvalue weighted by atomic mass is 32.1. The first kappa shape index (κ1) is 20.9. The van der Waals surface area contributed by atoms with Crippen molar-refractivity contribution in [3.8, 4) is 0 Å². The minimum absolute atomic E-state index is 0.494. The SMILES string of the molecule is CC1CC(C)CN(c2cc(N3CCCCC3)nc(NC(=S)NCc3ccco3)n2)C1. The van der Waals surface area contributed by atoms with Crippen LogP contribution in [0.25, 0.3) is 0 Å². The van der Waals surface area contributed by atoms with E-state index in [9.17, 15) is 0 Å². The summed E-state index contributed by atoms with van der Waals surface area (Å²) in [7, 11) is 0. The molecule has 7 nitrogen and oxygen atoms in total. The molecule has 162 valence electrons. The van der Waals surface area contributed by atoms with Crippen LogP contribution in [-0.4, -0.2) is 41.3 Å². The monoisotopic (exact) mass is 428 g/mol. The molecule has 2 aliphatic heterocycles. The van der Waals surface area contributed by atoms with Gasteiger partial charge in [-0.3, -0.25) is 0 Å². The van der Waals surface area contributed by atoms with Crippen molar-refractivity contribution in [3.63, 3.8) is 0 Å². The van der Waals surface area contributed by atoms with Crippen molar-refractivity contribution in [2.75, 3.05) is 41.3 Å². The zero-order valence-electron chi connectivity index (χ0n) is 17.9. The third-order valence-electron chi connectivity index (χ3n) is 5.80. The van der Waals surface area contributed by atoms with Crippen molar-refractivity contribution >= 4 is 34.9 Å². The minimum Gasteiger partial charge on any atom is -0.467 e. The van der Waals surface area contributed by atoms with Crippen LogP contribution in [0.3, 0.4) is 0 Å². The van der Waals surface area contributed by atoms with Crippen LogP contribution in [0.2, 0.25) is 0 Å². The van der Waals surface area contributed by atoms with Gasteiger partial charge < -0.3 is 24.9 Å². The van der Waals surface area contributed by atoms with Crippen molar-refractivity contribution in [2.24, 2.45) is 11.8 Å². The first-order valence-corrected chi connectivity index (χ1v) is 11.4. The minimum atomic E-state index is 0.494. The van der Waals surface area contributed by atoms with Gasteiger partial charge in [-0.25, -0.2) is 0 Å². The van der Waals surface area contributed by atoms with Crippen LogP contribution in [0.1, 0.15) is 45.3 Å². The molecule has 2 aliphatic rings. The van der Waals surface area contributed by atoms with Gasteiger partial charge in [-0.1, -0.05) is 13.8 Å². The molecule has 4 rings (SSSR count). The van der Waals surface area contributed by atoms with Gasteiger partial charge >= 0.3 is 0 Å². The second-order valence-corrected chi connectivity index (χ2v) is 9.10. The fourth-order valence-electron chi connectivity index (χ4n) is 4.50. The van der Waals surface area contributed by atoms with Crippen LogP contribution in [0.4, 0.5) is 17.6 Å². The molecule has 8 heteroatoms. The van der Waals surface area contributed by atoms with Crippen LogP contribution in [-0.2, 0) is 6.54 Å². The fraction of sp³-hybridized carbons (Fsp3) is 0.591. The normalized spacial score (nSPS) is 22.1. The van der Waals surface area contributed by atoms with Crippen LogP contribution in [0.5, 0.6) is 0 Å². The number of nitrogens with zero attached hydrogens (tertiary/aromatic N) is 4. The second kappa shape index (κ2) is 9.64. The van der Waals surface area contributed by atoms with Crippen LogP contribution in [0, 0.1) is 11.8 Å². The highest BCUT2D eigenvalue weighted by molar-refractivity contribution is 7.80. The van der Waals surface area contributed by atoms with Gasteiger partial charge in [0.15, 0.2) is 5.11 Å². The molecule has 2 atom stereocenters. The molecule has 2 fully saturated rings. The lowest BCUT2D eigenvalue weighted by atomic mass is 9.92. The van der Waals surface area contributed by atoms with Gasteiger partial charge in [0.05, 0.1) is 12.8 Å². The Labute approximate surface area is 184 Å². The van der Waals surface area contributed by atoms with E-state index in [4.69, 9.17) is 26.6 Å². The van der Waals surface area contributed by atoms with Crippen LogP contribution in [0.15, 0.2) is 28.9 Å². The lowest BCUT2D eigenvalue weighted by Crippen LogP contribution is -2.40. The Hall–Kier alpha value is -2.35. The van der Waals surface area contributed by atoms with E-state index in [1.807, 2.05) is 12.1 Å². The summed E-state index contributed by atoms with van der Waals surface area (Å²) in [6.45, 7) is 9.32. The smallest absolute Gasteiger partial charge is 0.232 e. The number of piperidine rings is 2. The molecule has 0 aromatic carbocycles. The molecule has 2 N–H and O–H groups in total. The molecule has 4 heterocycles. The lowest BCUT2D eigenvalue weighted by molar-refractivity contribution is 0.355. The summed E-state index contributed by atoms with van der Waals surface area (Å²) in [5.74, 6) is 4.68. The fourth-order valence-corrected chi connectivity index (χ4v) is 4.66. The summed E-state index contributed by atoms with van der Waals surface area (Å²) >= 11 is 5.47. The third kappa shape index (κ3) is 5.41. The summed E-state index contributed by atoms with van der Waals surface area (Å²) in [4.78, 5) is 14.4. The van der Waals surface area contributed by atoms with Gasteiger partial charge in [-0.15, -0.1) is 0 Å². The average Bonchev–Trinajstić information content (AvgIpc) is 3.26. The Balaban J connectivity index is 1.52. The number of rotatable bonds is 5. The molecule has 2 saturated heterocycles. The molecular formula is C22H32N6OS. The molecule has 0 radical (unpaired) electrons. The Morgan fingerprint density at radius 2 is 1.80 bits per heavy atom. The van der Waals surface area contributed by atoms with E-state index < -0.39 is 0 Å². The molecule has 2 aromatic rings. The zero-order valence-corrected chi connectivity index (χ0v) is 18.7. The van der Waals surface area contributed by atoms with E-state index in [1.54, 1.807) is 6.26 Å². The predicted octanol–water partition coefficient (Wildman–Crippen LogP) is 4.03. The van der Waals surface area contributed by atoms with E-state index in [1.165, 1.54) is 25.7 Å². The van der Waals surface area contributed by atoms with E-state index in [2.05, 4.69) is 40.3 Å². The van der Waals surface area contributed by atoms with E-state index in [0.717, 1.165) is 43.6 Å². The summed E-state index contributed by atoms with van der Waals surface area (Å²) in [5.41, 5.74) is 0. The van der Waals surface area contributed by atoms with Gasteiger partial charge in [0, 0.05) is 32.2 Å². The Morgan fingerprint density at radius 1 is 1.10 bits per heavy atom. The standard InChI is InChI=1S/C22H32N6OS/c1-16-11-17(2)15-28(14-16)20-12-19(27-8-4-3-5-9-27)24-21(25-20)26-22(30)23-13-18-7-6-10-29-18/h6-7,10,12,16-17H,3-5,8-9,11,13-15H2,1-2H3,(H2,23,24,25,26,30). The highest BCUT2D eigenvalue weighted by Crippen LogP contribution is 2.29. The van der Waals surface area contributed by atoms with Crippen LogP contribution < -0.4 is 20.4 Å². The Kier molecular flexibility index (Phi) is 6.72. The number of nitrogens with one attached hydrogen (secondary N) is 2. The van der Waals surface area contributed by atoms with Gasteiger partial charge in [-0.2, -0.15) is 9.97 Å². The third-order valence-corrected chi connectivity index (χ3v) is 6.05. The molecule has 2 aromatic heterocycles. The lowest BCUT2D eigenvalue weighted by Gasteiger charge is -2.36. The molecule has 0 aliphatic carbocycles. The highest BCUT2D eigenvalue weighted by Gasteiger charge is 2.25. The number of thiocarbonyl (C=S) groups is 1. The topological polar surface area (TPSA) is 69.5 Å². The van der Waals surface area contributed by atoms with E-state index in [-0.39, 0.29) is 0 Å². The van der Waals surface area contributed by atoms with Gasteiger partial charge in [0.2, 0.25) is 5.95 Å². The van der Waals surface area contributed by atoms with Crippen molar-refractivity contribution in [1.29, 1.82) is 0 Å². The number of hydrogen-bond acceptors (Lipinski definition) is 6. The van der Waals surface area contributed by atoms with Gasteiger partial charge in [0.1, 0.15) is 17.4 Å². The number of aromatic nitrogens is 2. The van der Waals surface area contributed by atoms with Crippen molar-refractivity contribution < 1.29 is 4.42 Å². The summed E-state index contributed by atoms with van der Waals surface area (Å²) in [6, 6.07) is 5.94. The van der Waals surface area contributed by atoms with Crippen LogP contribution >= 0.6 is 12.2 Å². The first-order valence-electron chi connectivity index (χ1n) is 11.0. The van der Waals surface area contributed by atoms with Crippen molar-refractivity contribution in [1.82, 2.24) is 15.3 Å². The van der Waals surface area contributed by atoms with Gasteiger partial charge in [-0.05, 0) is 61.9 Å². The maximum Gasteiger partial charge on any atom is 0.232 e. The Bertz CT molecular complexity index is 826. The summed E-state index contributed by atoms with van der Waals surface area (Å²) in [5, 5.41) is 6.85. The molecule has 0 saturated carbocycles. The molecule has 2 unspecified atom stereocenters.